The Hall–Kier alpha value is -2.62. The Morgan fingerprint density at radius 1 is 0.917 bits per heavy atom. The third-order valence-electron chi connectivity index (χ3n) is 7.40. The third kappa shape index (κ3) is 5.23. The van der Waals surface area contributed by atoms with Gasteiger partial charge in [0.1, 0.15) is 10.6 Å². The highest BCUT2D eigenvalue weighted by Crippen LogP contribution is 2.32. The first-order valence-electron chi connectivity index (χ1n) is 12.7. The summed E-state index contributed by atoms with van der Waals surface area (Å²) in [6.07, 6.45) is 1.75. The predicted molar refractivity (Wildman–Crippen MR) is 144 cm³/mol. The van der Waals surface area contributed by atoms with Crippen molar-refractivity contribution in [3.8, 4) is 0 Å². The van der Waals surface area contributed by atoms with Crippen LogP contribution in [0.2, 0.25) is 0 Å². The van der Waals surface area contributed by atoms with Crippen LogP contribution in [-0.4, -0.2) is 75.8 Å². The number of aromatic nitrogens is 2. The molecule has 2 aliphatic rings. The van der Waals surface area contributed by atoms with Crippen LogP contribution in [0.1, 0.15) is 73.2 Å². The fraction of sp³-hybridized carbons (Fsp3) is 0.481. The van der Waals surface area contributed by atoms with Gasteiger partial charge in [0.05, 0.1) is 15.7 Å². The van der Waals surface area contributed by atoms with Crippen LogP contribution in [0.4, 0.5) is 0 Å². The molecule has 0 radical (unpaired) electrons. The lowest BCUT2D eigenvalue weighted by Crippen LogP contribution is -2.49. The van der Waals surface area contributed by atoms with Gasteiger partial charge in [-0.3, -0.25) is 14.5 Å². The monoisotopic (exact) mass is 523 g/mol. The number of amides is 2. The Morgan fingerprint density at radius 2 is 1.58 bits per heavy atom. The molecule has 5 rings (SSSR count). The first-order chi connectivity index (χ1) is 17.4. The lowest BCUT2D eigenvalue weighted by molar-refractivity contribution is 0.0577. The van der Waals surface area contributed by atoms with Gasteiger partial charge in [-0.25, -0.2) is 9.97 Å². The van der Waals surface area contributed by atoms with Gasteiger partial charge in [0, 0.05) is 56.6 Å². The number of carbonyl (C=O) groups is 2. The minimum absolute atomic E-state index is 0.0353. The fourth-order valence-electron chi connectivity index (χ4n) is 5.19. The van der Waals surface area contributed by atoms with Gasteiger partial charge in [0.25, 0.3) is 11.8 Å². The van der Waals surface area contributed by atoms with Gasteiger partial charge in [-0.15, -0.1) is 22.7 Å². The molecule has 1 aromatic carbocycles. The van der Waals surface area contributed by atoms with Gasteiger partial charge in [-0.05, 0) is 39.2 Å². The molecule has 190 valence electrons. The standard InChI is InChI=1S/C27H33N5O2S2/c1-18-24(36-20(3)28-18)27(34)31-11-9-22(10-12-31)25-29-23(17-35-25)26(33)32-15-13-30(14-16-32)19(2)21-7-5-4-6-8-21/h4-8,17,19,22H,9-16H2,1-3H3. The molecule has 0 aliphatic carbocycles. The Labute approximate surface area is 220 Å². The van der Waals surface area contributed by atoms with E-state index in [-0.39, 0.29) is 11.8 Å². The summed E-state index contributed by atoms with van der Waals surface area (Å²) >= 11 is 3.06. The largest absolute Gasteiger partial charge is 0.338 e. The average molecular weight is 524 g/mol. The Bertz CT molecular complexity index is 1210. The number of nitrogens with zero attached hydrogens (tertiary/aromatic N) is 5. The van der Waals surface area contributed by atoms with Crippen molar-refractivity contribution in [1.82, 2.24) is 24.7 Å². The van der Waals surface area contributed by atoms with E-state index >= 15 is 0 Å². The van der Waals surface area contributed by atoms with Gasteiger partial charge in [0.15, 0.2) is 0 Å². The molecule has 2 fully saturated rings. The SMILES string of the molecule is Cc1nc(C)c(C(=O)N2CCC(c3nc(C(=O)N4CCN(C(C)c5ccccc5)CC4)cs3)CC2)s1. The summed E-state index contributed by atoms with van der Waals surface area (Å²) in [5.41, 5.74) is 2.70. The van der Waals surface area contributed by atoms with Crippen LogP contribution in [0.15, 0.2) is 35.7 Å². The van der Waals surface area contributed by atoms with Crippen molar-refractivity contribution in [2.75, 3.05) is 39.3 Å². The molecular formula is C27H33N5O2S2. The zero-order valence-corrected chi connectivity index (χ0v) is 22.8. The molecular weight excluding hydrogens is 490 g/mol. The van der Waals surface area contributed by atoms with Crippen LogP contribution >= 0.6 is 22.7 Å². The van der Waals surface area contributed by atoms with Gasteiger partial charge in [0.2, 0.25) is 0 Å². The van der Waals surface area contributed by atoms with Crippen molar-refractivity contribution < 1.29 is 9.59 Å². The van der Waals surface area contributed by atoms with Gasteiger partial charge >= 0.3 is 0 Å². The van der Waals surface area contributed by atoms with E-state index < -0.39 is 0 Å². The topological polar surface area (TPSA) is 69.6 Å². The molecule has 3 aromatic rings. The molecule has 2 aromatic heterocycles. The number of aryl methyl sites for hydroxylation is 2. The number of carbonyl (C=O) groups excluding carboxylic acids is 2. The third-order valence-corrected chi connectivity index (χ3v) is 9.47. The maximum absolute atomic E-state index is 13.2. The molecule has 2 saturated heterocycles. The minimum Gasteiger partial charge on any atom is -0.338 e. The number of benzene rings is 1. The molecule has 0 spiro atoms. The zero-order valence-electron chi connectivity index (χ0n) is 21.1. The summed E-state index contributed by atoms with van der Waals surface area (Å²) in [5, 5.41) is 3.86. The van der Waals surface area contributed by atoms with Crippen LogP contribution in [0.5, 0.6) is 0 Å². The van der Waals surface area contributed by atoms with Crippen LogP contribution in [0.3, 0.4) is 0 Å². The molecule has 0 N–H and O–H groups in total. The molecule has 36 heavy (non-hydrogen) atoms. The smallest absolute Gasteiger partial charge is 0.273 e. The van der Waals surface area contributed by atoms with Crippen LogP contribution in [0.25, 0.3) is 0 Å². The molecule has 9 heteroatoms. The molecule has 2 amide bonds. The van der Waals surface area contributed by atoms with Crippen molar-refractivity contribution in [2.24, 2.45) is 0 Å². The number of piperazine rings is 1. The molecule has 1 unspecified atom stereocenters. The normalized spacial score (nSPS) is 18.4. The number of rotatable bonds is 5. The fourth-order valence-corrected chi connectivity index (χ4v) is 7.05. The Morgan fingerprint density at radius 3 is 2.22 bits per heavy atom. The summed E-state index contributed by atoms with van der Waals surface area (Å²) in [6.45, 7) is 10.7. The molecule has 1 atom stereocenters. The predicted octanol–water partition coefficient (Wildman–Crippen LogP) is 4.76. The summed E-state index contributed by atoms with van der Waals surface area (Å²) in [5.74, 6) is 0.425. The minimum atomic E-state index is 0.0353. The van der Waals surface area contributed by atoms with Crippen LogP contribution in [-0.2, 0) is 0 Å². The highest BCUT2D eigenvalue weighted by atomic mass is 32.1. The quantitative estimate of drug-likeness (QED) is 0.483. The molecule has 2 aliphatic heterocycles. The van der Waals surface area contributed by atoms with Gasteiger partial charge in [-0.1, -0.05) is 30.3 Å². The maximum atomic E-state index is 13.2. The summed E-state index contributed by atoms with van der Waals surface area (Å²) in [4.78, 5) is 42.3. The average Bonchev–Trinajstić information content (AvgIpc) is 3.54. The number of hydrogen-bond donors (Lipinski definition) is 0. The number of thiazole rings is 2. The lowest BCUT2D eigenvalue weighted by Gasteiger charge is -2.38. The van der Waals surface area contributed by atoms with Crippen LogP contribution in [0, 0.1) is 13.8 Å². The molecule has 4 heterocycles. The second kappa shape index (κ2) is 10.8. The summed E-state index contributed by atoms with van der Waals surface area (Å²) in [6, 6.07) is 10.9. The van der Waals surface area contributed by atoms with E-state index in [1.807, 2.05) is 35.1 Å². The first-order valence-corrected chi connectivity index (χ1v) is 14.4. The van der Waals surface area contributed by atoms with E-state index in [2.05, 4.69) is 41.1 Å². The number of likely N-dealkylation sites (tertiary alicyclic amines) is 1. The molecule has 0 bridgehead atoms. The van der Waals surface area contributed by atoms with E-state index in [1.165, 1.54) is 16.9 Å². The lowest BCUT2D eigenvalue weighted by atomic mass is 9.97. The van der Waals surface area contributed by atoms with E-state index in [0.29, 0.717) is 30.7 Å². The molecule has 7 nitrogen and oxygen atoms in total. The van der Waals surface area contributed by atoms with Crippen molar-refractivity contribution in [1.29, 1.82) is 0 Å². The highest BCUT2D eigenvalue weighted by Gasteiger charge is 2.30. The van der Waals surface area contributed by atoms with E-state index in [1.54, 1.807) is 11.3 Å². The van der Waals surface area contributed by atoms with Gasteiger partial charge in [-0.2, -0.15) is 0 Å². The molecule has 0 saturated carbocycles. The number of hydrogen-bond acceptors (Lipinski definition) is 7. The van der Waals surface area contributed by atoms with Crippen LogP contribution < -0.4 is 0 Å². The van der Waals surface area contributed by atoms with Crippen molar-refractivity contribution in [3.05, 3.63) is 67.6 Å². The second-order valence-electron chi connectivity index (χ2n) is 9.70. The summed E-state index contributed by atoms with van der Waals surface area (Å²) < 4.78 is 0. The van der Waals surface area contributed by atoms with Crippen molar-refractivity contribution in [2.45, 2.75) is 45.6 Å². The van der Waals surface area contributed by atoms with Crippen molar-refractivity contribution >= 4 is 34.5 Å². The zero-order chi connectivity index (χ0) is 25.2. The van der Waals surface area contributed by atoms with E-state index in [9.17, 15) is 9.59 Å². The summed E-state index contributed by atoms with van der Waals surface area (Å²) in [7, 11) is 0. The number of piperidine rings is 1. The Balaban J connectivity index is 1.14. The highest BCUT2D eigenvalue weighted by molar-refractivity contribution is 7.13. The van der Waals surface area contributed by atoms with Gasteiger partial charge < -0.3 is 9.80 Å². The second-order valence-corrected chi connectivity index (χ2v) is 11.8. The van der Waals surface area contributed by atoms with E-state index in [0.717, 1.165) is 59.6 Å². The van der Waals surface area contributed by atoms with Crippen molar-refractivity contribution in [3.63, 3.8) is 0 Å². The Kier molecular flexibility index (Phi) is 7.50. The first kappa shape index (κ1) is 25.0. The van der Waals surface area contributed by atoms with E-state index in [4.69, 9.17) is 4.98 Å². The maximum Gasteiger partial charge on any atom is 0.273 e.